The molecule has 0 spiro atoms. The summed E-state index contributed by atoms with van der Waals surface area (Å²) in [5, 5.41) is 16.9. The second-order valence-corrected chi connectivity index (χ2v) is 8.47. The number of para-hydroxylation sites is 1. The van der Waals surface area contributed by atoms with Gasteiger partial charge in [0.1, 0.15) is 11.3 Å². The van der Waals surface area contributed by atoms with E-state index in [1.54, 1.807) is 36.5 Å². The molecule has 0 saturated heterocycles. The van der Waals surface area contributed by atoms with Crippen LogP contribution in [0.5, 0.6) is 5.75 Å². The van der Waals surface area contributed by atoms with Gasteiger partial charge in [-0.15, -0.1) is 0 Å². The molecule has 1 N–H and O–H groups in total. The van der Waals surface area contributed by atoms with E-state index >= 15 is 0 Å². The Morgan fingerprint density at radius 3 is 2.68 bits per heavy atom. The van der Waals surface area contributed by atoms with E-state index < -0.39 is 10.8 Å². The van der Waals surface area contributed by atoms with E-state index in [2.05, 4.69) is 15.1 Å². The maximum absolute atomic E-state index is 12.7. The number of carbonyl (C=O) groups is 1. The fourth-order valence-corrected chi connectivity index (χ4v) is 4.33. The van der Waals surface area contributed by atoms with Gasteiger partial charge in [0.2, 0.25) is 0 Å². The average Bonchev–Trinajstić information content (AvgIpc) is 3.44. The fourth-order valence-electron chi connectivity index (χ4n) is 4.33. The van der Waals surface area contributed by atoms with Crippen LogP contribution >= 0.6 is 0 Å². The number of carbonyl (C=O) groups excluding carboxylic acids is 1. The smallest absolute Gasteiger partial charge is 0.307 e. The van der Waals surface area contributed by atoms with Crippen LogP contribution in [-0.4, -0.2) is 28.2 Å². The number of nitro groups is 1. The molecule has 37 heavy (non-hydrogen) atoms. The van der Waals surface area contributed by atoms with E-state index in [1.165, 1.54) is 12.1 Å². The number of amides is 1. The van der Waals surface area contributed by atoms with E-state index in [4.69, 9.17) is 9.15 Å². The van der Waals surface area contributed by atoms with Gasteiger partial charge in [0.25, 0.3) is 5.69 Å². The summed E-state index contributed by atoms with van der Waals surface area (Å²) >= 11 is 0. The lowest BCUT2D eigenvalue weighted by Crippen LogP contribution is -2.16. The molecule has 2 heterocycles. The van der Waals surface area contributed by atoms with E-state index in [9.17, 15) is 14.9 Å². The molecule has 9 nitrogen and oxygen atoms in total. The Bertz CT molecular complexity index is 1650. The van der Waals surface area contributed by atoms with Crippen LogP contribution in [0.2, 0.25) is 0 Å². The van der Waals surface area contributed by atoms with Gasteiger partial charge in [-0.3, -0.25) is 14.9 Å². The number of rotatable bonds is 8. The Kier molecular flexibility index (Phi) is 6.42. The molecule has 5 rings (SSSR count). The lowest BCUT2D eigenvalue weighted by atomic mass is 10.1. The minimum absolute atomic E-state index is 0.0561. The standard InChI is InChI=1S/C28H24N4O5/c1-3-36-22-12-13-26-20(14-22)15-27(37-26)28(33)30-29-16-24-18(2)31(25-7-5-4-6-23(24)25)17-19-8-10-21(11-9-19)32(34)35/h4-16H,3,17H2,1-2H3,(H,30,33)/b29-16+. The van der Waals surface area contributed by atoms with Crippen molar-refractivity contribution in [1.82, 2.24) is 9.99 Å². The second kappa shape index (κ2) is 9.98. The topological polar surface area (TPSA) is 112 Å². The average molecular weight is 497 g/mol. The summed E-state index contributed by atoms with van der Waals surface area (Å²) in [5.41, 5.74) is 6.93. The van der Waals surface area contributed by atoms with Crippen molar-refractivity contribution < 1.29 is 18.9 Å². The quantitative estimate of drug-likeness (QED) is 0.165. The van der Waals surface area contributed by atoms with E-state index in [-0.39, 0.29) is 11.4 Å². The van der Waals surface area contributed by atoms with Crippen molar-refractivity contribution in [3.05, 3.63) is 105 Å². The highest BCUT2D eigenvalue weighted by molar-refractivity contribution is 6.02. The number of non-ortho nitro benzene ring substituents is 1. The first-order valence-electron chi connectivity index (χ1n) is 11.8. The number of ether oxygens (including phenoxy) is 1. The lowest BCUT2D eigenvalue weighted by molar-refractivity contribution is -0.384. The molecule has 3 aromatic carbocycles. The number of aromatic nitrogens is 1. The van der Waals surface area contributed by atoms with E-state index in [0.29, 0.717) is 24.5 Å². The SMILES string of the molecule is CCOc1ccc2oc(C(=O)N/N=C/c3c(C)n(Cc4ccc([N+](=O)[O-])cc4)c4ccccc34)cc2c1. The number of nitro benzene ring substituents is 1. The van der Waals surface area contributed by atoms with Crippen molar-refractivity contribution in [2.75, 3.05) is 6.61 Å². The molecule has 2 aromatic heterocycles. The van der Waals surface area contributed by atoms with Crippen molar-refractivity contribution >= 4 is 39.7 Å². The molecule has 0 radical (unpaired) electrons. The molecular weight excluding hydrogens is 472 g/mol. The van der Waals surface area contributed by atoms with Crippen LogP contribution in [0.25, 0.3) is 21.9 Å². The number of benzene rings is 3. The Morgan fingerprint density at radius 2 is 1.92 bits per heavy atom. The van der Waals surface area contributed by atoms with Crippen LogP contribution in [0, 0.1) is 17.0 Å². The summed E-state index contributed by atoms with van der Waals surface area (Å²) in [4.78, 5) is 23.2. The van der Waals surface area contributed by atoms with E-state index in [0.717, 1.165) is 33.1 Å². The Labute approximate surface area is 212 Å². The van der Waals surface area contributed by atoms with Crippen molar-refractivity contribution in [2.24, 2.45) is 5.10 Å². The molecule has 0 aliphatic rings. The highest BCUT2D eigenvalue weighted by Crippen LogP contribution is 2.27. The van der Waals surface area contributed by atoms with Crippen LogP contribution in [0.15, 0.2) is 82.3 Å². The third kappa shape index (κ3) is 4.79. The third-order valence-corrected chi connectivity index (χ3v) is 6.15. The van der Waals surface area contributed by atoms with Crippen molar-refractivity contribution in [3.63, 3.8) is 0 Å². The Hall–Kier alpha value is -4.92. The first-order valence-corrected chi connectivity index (χ1v) is 11.8. The summed E-state index contributed by atoms with van der Waals surface area (Å²) < 4.78 is 13.3. The van der Waals surface area contributed by atoms with Gasteiger partial charge >= 0.3 is 5.91 Å². The summed E-state index contributed by atoms with van der Waals surface area (Å²) in [5.74, 6) is 0.400. The van der Waals surface area contributed by atoms with Crippen molar-refractivity contribution in [1.29, 1.82) is 0 Å². The summed E-state index contributed by atoms with van der Waals surface area (Å²) in [6.45, 7) is 4.97. The molecule has 1 amide bonds. The zero-order valence-corrected chi connectivity index (χ0v) is 20.3. The minimum atomic E-state index is -0.460. The zero-order chi connectivity index (χ0) is 25.9. The second-order valence-electron chi connectivity index (χ2n) is 8.47. The van der Waals surface area contributed by atoms with Crippen molar-refractivity contribution in [3.8, 4) is 5.75 Å². The van der Waals surface area contributed by atoms with Gasteiger partial charge in [-0.1, -0.05) is 30.3 Å². The minimum Gasteiger partial charge on any atom is -0.494 e. The summed E-state index contributed by atoms with van der Waals surface area (Å²) in [7, 11) is 0. The lowest BCUT2D eigenvalue weighted by Gasteiger charge is -2.08. The number of nitrogens with one attached hydrogen (secondary N) is 1. The van der Waals surface area contributed by atoms with Gasteiger partial charge in [0.05, 0.1) is 17.7 Å². The van der Waals surface area contributed by atoms with Crippen LogP contribution in [0.1, 0.15) is 34.3 Å². The number of nitrogens with zero attached hydrogens (tertiary/aromatic N) is 3. The summed E-state index contributed by atoms with van der Waals surface area (Å²) in [6, 6.07) is 21.5. The monoisotopic (exact) mass is 496 g/mol. The molecule has 9 heteroatoms. The molecule has 0 bridgehead atoms. The molecule has 5 aromatic rings. The molecule has 0 aliphatic carbocycles. The number of furan rings is 1. The third-order valence-electron chi connectivity index (χ3n) is 6.15. The Balaban J connectivity index is 1.37. The fraction of sp³-hybridized carbons (Fsp3) is 0.143. The largest absolute Gasteiger partial charge is 0.494 e. The van der Waals surface area contributed by atoms with Crippen molar-refractivity contribution in [2.45, 2.75) is 20.4 Å². The predicted octanol–water partition coefficient (Wildman–Crippen LogP) is 5.82. The molecule has 0 fully saturated rings. The van der Waals surface area contributed by atoms with E-state index in [1.807, 2.05) is 44.2 Å². The predicted molar refractivity (Wildman–Crippen MR) is 141 cm³/mol. The molecule has 0 saturated carbocycles. The highest BCUT2D eigenvalue weighted by Gasteiger charge is 2.15. The van der Waals surface area contributed by atoms with Crippen LogP contribution in [0.3, 0.4) is 0 Å². The number of hydrogen-bond donors (Lipinski definition) is 1. The van der Waals surface area contributed by atoms with Gasteiger partial charge in [-0.05, 0) is 49.7 Å². The number of fused-ring (bicyclic) bond motifs is 2. The zero-order valence-electron chi connectivity index (χ0n) is 20.3. The van der Waals surface area contributed by atoms with Gasteiger partial charge < -0.3 is 13.7 Å². The van der Waals surface area contributed by atoms with Crippen LogP contribution in [0.4, 0.5) is 5.69 Å². The molecular formula is C28H24N4O5. The maximum Gasteiger partial charge on any atom is 0.307 e. The highest BCUT2D eigenvalue weighted by atomic mass is 16.6. The maximum atomic E-state index is 12.7. The molecule has 0 unspecified atom stereocenters. The number of hydrogen-bond acceptors (Lipinski definition) is 6. The normalized spacial score (nSPS) is 11.4. The molecule has 186 valence electrons. The van der Waals surface area contributed by atoms with Gasteiger partial charge in [-0.2, -0.15) is 5.10 Å². The Morgan fingerprint density at radius 1 is 1.14 bits per heavy atom. The first kappa shape index (κ1) is 23.8. The number of hydrazone groups is 1. The molecule has 0 atom stereocenters. The van der Waals surface area contributed by atoms with Gasteiger partial charge in [0, 0.05) is 46.2 Å². The van der Waals surface area contributed by atoms with Gasteiger partial charge in [0.15, 0.2) is 5.76 Å². The van der Waals surface area contributed by atoms with Crippen LogP contribution in [-0.2, 0) is 6.54 Å². The van der Waals surface area contributed by atoms with Gasteiger partial charge in [-0.25, -0.2) is 5.43 Å². The van der Waals surface area contributed by atoms with Crippen LogP contribution < -0.4 is 10.2 Å². The summed E-state index contributed by atoms with van der Waals surface area (Å²) in [6.07, 6.45) is 1.62. The molecule has 0 aliphatic heterocycles. The first-order chi connectivity index (χ1) is 17.9.